The number of carbonyl (C=O) groups is 1. The van der Waals surface area contributed by atoms with Crippen LogP contribution in [0, 0.1) is 10.7 Å². The average Bonchev–Trinajstić information content (AvgIpc) is 2.60. The van der Waals surface area contributed by atoms with Gasteiger partial charge in [0.05, 0.1) is 4.90 Å². The standard InChI is InChI=1S/C15H13FN2O5S/c1-18(15(19)23-10-11-5-3-2-4-6-11)24(21,22)12-7-8-13(16)14(9-12)17-20/h2-9H,10H2,1H3. The van der Waals surface area contributed by atoms with Crippen LogP contribution >= 0.6 is 0 Å². The van der Waals surface area contributed by atoms with E-state index >= 15 is 0 Å². The van der Waals surface area contributed by atoms with E-state index in [2.05, 4.69) is 5.18 Å². The molecule has 9 heteroatoms. The maximum Gasteiger partial charge on any atom is 0.423 e. The van der Waals surface area contributed by atoms with Gasteiger partial charge in [0, 0.05) is 7.05 Å². The van der Waals surface area contributed by atoms with Crippen LogP contribution in [-0.4, -0.2) is 25.9 Å². The minimum absolute atomic E-state index is 0.107. The van der Waals surface area contributed by atoms with E-state index in [1.54, 1.807) is 30.3 Å². The second kappa shape index (κ2) is 7.18. The van der Waals surface area contributed by atoms with Crippen LogP contribution in [0.2, 0.25) is 0 Å². The molecule has 2 aromatic carbocycles. The highest BCUT2D eigenvalue weighted by molar-refractivity contribution is 7.89. The lowest BCUT2D eigenvalue weighted by molar-refractivity contribution is 0.124. The Morgan fingerprint density at radius 2 is 1.88 bits per heavy atom. The molecule has 2 rings (SSSR count). The van der Waals surface area contributed by atoms with Gasteiger partial charge in [-0.05, 0) is 28.9 Å². The molecule has 0 atom stereocenters. The van der Waals surface area contributed by atoms with Gasteiger partial charge in [0.1, 0.15) is 12.3 Å². The molecule has 0 spiro atoms. The molecule has 126 valence electrons. The Balaban J connectivity index is 2.16. The van der Waals surface area contributed by atoms with E-state index in [1.165, 1.54) is 0 Å². The number of rotatable bonds is 5. The number of amides is 1. The minimum atomic E-state index is -4.30. The zero-order valence-corrected chi connectivity index (χ0v) is 13.4. The van der Waals surface area contributed by atoms with Gasteiger partial charge in [-0.2, -0.15) is 0 Å². The Kier molecular flexibility index (Phi) is 5.24. The number of halogens is 1. The average molecular weight is 352 g/mol. The number of carbonyl (C=O) groups excluding carboxylic acids is 1. The molecule has 0 saturated carbocycles. The Hall–Kier alpha value is -2.81. The Bertz CT molecular complexity index is 855. The van der Waals surface area contributed by atoms with E-state index in [-0.39, 0.29) is 6.61 Å². The first-order valence-electron chi connectivity index (χ1n) is 6.69. The summed E-state index contributed by atoms with van der Waals surface area (Å²) in [6.07, 6.45) is -1.11. The van der Waals surface area contributed by atoms with Gasteiger partial charge >= 0.3 is 6.09 Å². The number of nitroso groups, excluding NO2 is 1. The monoisotopic (exact) mass is 352 g/mol. The number of ether oxygens (including phenoxy) is 1. The van der Waals surface area contributed by atoms with Gasteiger partial charge in [0.2, 0.25) is 0 Å². The number of hydrogen-bond donors (Lipinski definition) is 0. The summed E-state index contributed by atoms with van der Waals surface area (Å²) in [4.78, 5) is 22.0. The number of hydrogen-bond acceptors (Lipinski definition) is 6. The third kappa shape index (κ3) is 3.74. The fourth-order valence-electron chi connectivity index (χ4n) is 1.79. The highest BCUT2D eigenvalue weighted by Crippen LogP contribution is 2.24. The summed E-state index contributed by atoms with van der Waals surface area (Å²) in [6.45, 7) is -0.107. The molecule has 7 nitrogen and oxygen atoms in total. The first kappa shape index (κ1) is 17.5. The molecule has 0 aliphatic heterocycles. The summed E-state index contributed by atoms with van der Waals surface area (Å²) >= 11 is 0. The highest BCUT2D eigenvalue weighted by Gasteiger charge is 2.27. The molecule has 0 fully saturated rings. The van der Waals surface area contributed by atoms with Crippen LogP contribution in [0.4, 0.5) is 14.9 Å². The van der Waals surface area contributed by atoms with Crippen molar-refractivity contribution in [3.63, 3.8) is 0 Å². The van der Waals surface area contributed by atoms with Gasteiger partial charge in [-0.3, -0.25) is 0 Å². The second-order valence-corrected chi connectivity index (χ2v) is 6.69. The van der Waals surface area contributed by atoms with Crippen LogP contribution in [0.3, 0.4) is 0 Å². The molecule has 0 unspecified atom stereocenters. The van der Waals surface area contributed by atoms with Gasteiger partial charge in [0.15, 0.2) is 5.82 Å². The SMILES string of the molecule is CN(C(=O)OCc1ccccc1)S(=O)(=O)c1ccc(F)c(N=O)c1. The molecule has 24 heavy (non-hydrogen) atoms. The third-order valence-electron chi connectivity index (χ3n) is 3.14. The van der Waals surface area contributed by atoms with Crippen molar-refractivity contribution < 1.29 is 22.3 Å². The molecule has 0 radical (unpaired) electrons. The lowest BCUT2D eigenvalue weighted by Gasteiger charge is -2.17. The lowest BCUT2D eigenvalue weighted by Crippen LogP contribution is -2.33. The van der Waals surface area contributed by atoms with E-state index in [1.807, 2.05) is 0 Å². The van der Waals surface area contributed by atoms with Crippen LogP contribution in [0.25, 0.3) is 0 Å². The van der Waals surface area contributed by atoms with Crippen LogP contribution in [0.5, 0.6) is 0 Å². The highest BCUT2D eigenvalue weighted by atomic mass is 32.2. The van der Waals surface area contributed by atoms with E-state index in [0.29, 0.717) is 9.87 Å². The first-order chi connectivity index (χ1) is 11.4. The lowest BCUT2D eigenvalue weighted by atomic mass is 10.2. The fraction of sp³-hybridized carbons (Fsp3) is 0.133. The first-order valence-corrected chi connectivity index (χ1v) is 8.13. The van der Waals surface area contributed by atoms with E-state index in [0.717, 1.165) is 25.2 Å². The summed E-state index contributed by atoms with van der Waals surface area (Å²) in [6, 6.07) is 11.2. The second-order valence-electron chi connectivity index (χ2n) is 4.72. The van der Waals surface area contributed by atoms with Gasteiger partial charge in [0.25, 0.3) is 10.0 Å². The Morgan fingerprint density at radius 1 is 1.21 bits per heavy atom. The molecule has 1 amide bonds. The van der Waals surface area contributed by atoms with E-state index in [4.69, 9.17) is 4.74 Å². The van der Waals surface area contributed by atoms with E-state index in [9.17, 15) is 22.5 Å². The maximum atomic E-state index is 13.2. The molecule has 0 saturated heterocycles. The van der Waals surface area contributed by atoms with Crippen molar-refractivity contribution in [3.05, 3.63) is 64.8 Å². The zero-order chi connectivity index (χ0) is 17.7. The molecule has 0 heterocycles. The van der Waals surface area contributed by atoms with Crippen LogP contribution in [0.15, 0.2) is 58.6 Å². The minimum Gasteiger partial charge on any atom is -0.444 e. The molecule has 0 bridgehead atoms. The molecule has 2 aromatic rings. The van der Waals surface area contributed by atoms with Crippen molar-refractivity contribution in [2.75, 3.05) is 7.05 Å². The van der Waals surface area contributed by atoms with Gasteiger partial charge in [-0.15, -0.1) is 4.91 Å². The molecule has 0 aliphatic rings. The summed E-state index contributed by atoms with van der Waals surface area (Å²) < 4.78 is 43.2. The molecular formula is C15H13FN2O5S. The van der Waals surface area contributed by atoms with Crippen molar-refractivity contribution >= 4 is 21.8 Å². The summed E-state index contributed by atoms with van der Waals surface area (Å²) in [5.41, 5.74) is 0.0213. The Morgan fingerprint density at radius 3 is 2.50 bits per heavy atom. The molecule has 0 aromatic heterocycles. The third-order valence-corrected chi connectivity index (χ3v) is 4.86. The summed E-state index contributed by atoms with van der Waals surface area (Å²) in [5, 5.41) is 2.40. The Labute approximate surface area is 137 Å². The van der Waals surface area contributed by atoms with Crippen molar-refractivity contribution in [2.45, 2.75) is 11.5 Å². The van der Waals surface area contributed by atoms with Crippen molar-refractivity contribution in [2.24, 2.45) is 5.18 Å². The van der Waals surface area contributed by atoms with Gasteiger partial charge < -0.3 is 4.74 Å². The van der Waals surface area contributed by atoms with Gasteiger partial charge in [-0.1, -0.05) is 30.3 Å². The summed E-state index contributed by atoms with van der Waals surface area (Å²) in [7, 11) is -3.30. The predicted molar refractivity (Wildman–Crippen MR) is 83.4 cm³/mol. The van der Waals surface area contributed by atoms with Gasteiger partial charge in [-0.25, -0.2) is 21.9 Å². The largest absolute Gasteiger partial charge is 0.444 e. The smallest absolute Gasteiger partial charge is 0.423 e. The quantitative estimate of drug-likeness (QED) is 0.771. The van der Waals surface area contributed by atoms with Crippen molar-refractivity contribution in [1.29, 1.82) is 0 Å². The maximum absolute atomic E-state index is 13.2. The van der Waals surface area contributed by atoms with Crippen molar-refractivity contribution in [1.82, 2.24) is 4.31 Å². The fourth-order valence-corrected chi connectivity index (χ4v) is 2.86. The predicted octanol–water partition coefficient (Wildman–Crippen LogP) is 3.18. The van der Waals surface area contributed by atoms with E-state index < -0.39 is 32.5 Å². The van der Waals surface area contributed by atoms with Crippen LogP contribution in [0.1, 0.15) is 5.56 Å². The summed E-state index contributed by atoms with van der Waals surface area (Å²) in [5.74, 6) is -0.960. The molecule has 0 aliphatic carbocycles. The number of sulfonamides is 1. The van der Waals surface area contributed by atoms with Crippen molar-refractivity contribution in [3.8, 4) is 0 Å². The van der Waals surface area contributed by atoms with Crippen LogP contribution < -0.4 is 0 Å². The topological polar surface area (TPSA) is 93.1 Å². The number of nitrogens with zero attached hydrogens (tertiary/aromatic N) is 2. The molecule has 0 N–H and O–H groups in total. The molecular weight excluding hydrogens is 339 g/mol. The number of benzene rings is 2. The normalized spacial score (nSPS) is 10.9. The zero-order valence-electron chi connectivity index (χ0n) is 12.5. The van der Waals surface area contributed by atoms with Crippen LogP contribution in [-0.2, 0) is 21.4 Å².